The lowest BCUT2D eigenvalue weighted by molar-refractivity contribution is 0.119. The van der Waals surface area contributed by atoms with Crippen molar-refractivity contribution in [3.05, 3.63) is 16.9 Å². The summed E-state index contributed by atoms with van der Waals surface area (Å²) < 4.78 is 25.7. The Morgan fingerprint density at radius 1 is 1.57 bits per heavy atom. The molecule has 1 aliphatic rings. The molecule has 78 valence electrons. The summed E-state index contributed by atoms with van der Waals surface area (Å²) in [6, 6.07) is 0. The number of rotatable bonds is 3. The molecule has 0 unspecified atom stereocenters. The van der Waals surface area contributed by atoms with Crippen LogP contribution in [0.1, 0.15) is 30.9 Å². The Balaban J connectivity index is 2.21. The maximum absolute atomic E-state index is 12.2. The topological polar surface area (TPSA) is 17.8 Å². The molecule has 14 heavy (non-hydrogen) atoms. The number of halogens is 3. The van der Waals surface area contributed by atoms with E-state index < -0.39 is 6.43 Å². The molecule has 0 saturated heterocycles. The second kappa shape index (κ2) is 3.85. The third kappa shape index (κ3) is 1.75. The summed E-state index contributed by atoms with van der Waals surface area (Å²) in [6.45, 7) is -0.349. The second-order valence-corrected chi connectivity index (χ2v) is 3.99. The zero-order chi connectivity index (χ0) is 10.1. The van der Waals surface area contributed by atoms with Crippen molar-refractivity contribution in [2.24, 2.45) is 0 Å². The maximum Gasteiger partial charge on any atom is 0.257 e. The van der Waals surface area contributed by atoms with Gasteiger partial charge in [-0.15, -0.1) is 0 Å². The summed E-state index contributed by atoms with van der Waals surface area (Å²) in [4.78, 5) is 0. The van der Waals surface area contributed by atoms with E-state index in [4.69, 9.17) is 11.6 Å². The lowest BCUT2D eigenvalue weighted by Gasteiger charge is -2.26. The van der Waals surface area contributed by atoms with E-state index in [0.29, 0.717) is 10.9 Å². The van der Waals surface area contributed by atoms with E-state index in [2.05, 4.69) is 5.10 Å². The van der Waals surface area contributed by atoms with Gasteiger partial charge in [-0.05, 0) is 12.8 Å². The van der Waals surface area contributed by atoms with E-state index in [9.17, 15) is 8.78 Å². The highest BCUT2D eigenvalue weighted by Gasteiger charge is 2.26. The summed E-state index contributed by atoms with van der Waals surface area (Å²) in [6.07, 6.45) is 2.31. The molecule has 1 fully saturated rings. The SMILES string of the molecule is FC(F)Cn1ncc(Cl)c1C1CCC1. The summed E-state index contributed by atoms with van der Waals surface area (Å²) in [5, 5.41) is 4.39. The van der Waals surface area contributed by atoms with Gasteiger partial charge in [-0.25, -0.2) is 8.78 Å². The first-order chi connectivity index (χ1) is 6.68. The number of nitrogens with zero attached hydrogens (tertiary/aromatic N) is 2. The van der Waals surface area contributed by atoms with Gasteiger partial charge in [0, 0.05) is 5.92 Å². The fourth-order valence-electron chi connectivity index (χ4n) is 1.74. The lowest BCUT2D eigenvalue weighted by Crippen LogP contribution is -2.18. The number of hydrogen-bond acceptors (Lipinski definition) is 1. The van der Waals surface area contributed by atoms with Crippen LogP contribution in [-0.2, 0) is 6.54 Å². The monoisotopic (exact) mass is 220 g/mol. The summed E-state index contributed by atoms with van der Waals surface area (Å²) in [5.41, 5.74) is 0.790. The molecular weight excluding hydrogens is 210 g/mol. The zero-order valence-electron chi connectivity index (χ0n) is 7.59. The third-order valence-electron chi connectivity index (χ3n) is 2.64. The van der Waals surface area contributed by atoms with Crippen LogP contribution in [0.2, 0.25) is 5.02 Å². The van der Waals surface area contributed by atoms with Gasteiger partial charge in [0.1, 0.15) is 6.54 Å². The van der Waals surface area contributed by atoms with E-state index in [-0.39, 0.29) is 6.54 Å². The normalized spacial score (nSPS) is 17.4. The van der Waals surface area contributed by atoms with Gasteiger partial charge >= 0.3 is 0 Å². The molecule has 0 radical (unpaired) electrons. The number of aromatic nitrogens is 2. The standard InChI is InChI=1S/C9H11ClF2N2/c10-7-4-13-14(5-8(11)12)9(7)6-2-1-3-6/h4,6,8H,1-3,5H2. The molecule has 5 heteroatoms. The maximum atomic E-state index is 12.2. The Hall–Kier alpha value is -0.640. The van der Waals surface area contributed by atoms with Crippen LogP contribution in [0.5, 0.6) is 0 Å². The first-order valence-electron chi connectivity index (χ1n) is 4.68. The molecule has 0 spiro atoms. The highest BCUT2D eigenvalue weighted by atomic mass is 35.5. The average molecular weight is 221 g/mol. The Morgan fingerprint density at radius 2 is 2.29 bits per heavy atom. The van der Waals surface area contributed by atoms with Crippen molar-refractivity contribution in [3.63, 3.8) is 0 Å². The molecule has 2 rings (SSSR count). The van der Waals surface area contributed by atoms with Crippen LogP contribution >= 0.6 is 11.6 Å². The largest absolute Gasteiger partial charge is 0.262 e. The van der Waals surface area contributed by atoms with E-state index in [0.717, 1.165) is 25.0 Å². The van der Waals surface area contributed by atoms with Crippen molar-refractivity contribution in [2.45, 2.75) is 38.2 Å². The van der Waals surface area contributed by atoms with Gasteiger partial charge in [0.25, 0.3) is 6.43 Å². The van der Waals surface area contributed by atoms with Crippen LogP contribution in [-0.4, -0.2) is 16.2 Å². The molecule has 1 aromatic heterocycles. The van der Waals surface area contributed by atoms with E-state index >= 15 is 0 Å². The first-order valence-corrected chi connectivity index (χ1v) is 5.05. The predicted molar refractivity (Wildman–Crippen MR) is 49.8 cm³/mol. The van der Waals surface area contributed by atoms with Gasteiger partial charge in [-0.1, -0.05) is 18.0 Å². The second-order valence-electron chi connectivity index (χ2n) is 3.58. The smallest absolute Gasteiger partial charge is 0.257 e. The highest BCUT2D eigenvalue weighted by molar-refractivity contribution is 6.31. The van der Waals surface area contributed by atoms with E-state index in [1.807, 2.05) is 0 Å². The summed E-state index contributed by atoms with van der Waals surface area (Å²) in [5.74, 6) is 0.337. The Kier molecular flexibility index (Phi) is 2.72. The Labute approximate surface area is 85.9 Å². The van der Waals surface area contributed by atoms with Gasteiger partial charge in [0.2, 0.25) is 0 Å². The molecule has 0 aliphatic heterocycles. The Bertz CT molecular complexity index is 321. The molecule has 1 saturated carbocycles. The molecule has 1 aliphatic carbocycles. The summed E-state index contributed by atoms with van der Waals surface area (Å²) >= 11 is 5.91. The van der Waals surface area contributed by atoms with Crippen molar-refractivity contribution in [1.82, 2.24) is 9.78 Å². The quantitative estimate of drug-likeness (QED) is 0.766. The van der Waals surface area contributed by atoms with Gasteiger partial charge in [0.15, 0.2) is 0 Å². The van der Waals surface area contributed by atoms with Crippen molar-refractivity contribution in [3.8, 4) is 0 Å². The van der Waals surface area contributed by atoms with Crippen LogP contribution in [0, 0.1) is 0 Å². The fourth-order valence-corrected chi connectivity index (χ4v) is 2.03. The van der Waals surface area contributed by atoms with E-state index in [1.165, 1.54) is 10.9 Å². The molecule has 0 amide bonds. The molecular formula is C9H11ClF2N2. The van der Waals surface area contributed by atoms with Crippen LogP contribution in [0.3, 0.4) is 0 Å². The molecule has 0 bridgehead atoms. The van der Waals surface area contributed by atoms with Crippen molar-refractivity contribution in [2.75, 3.05) is 0 Å². The van der Waals surface area contributed by atoms with Crippen LogP contribution in [0.25, 0.3) is 0 Å². The van der Waals surface area contributed by atoms with Crippen LogP contribution in [0.4, 0.5) is 8.78 Å². The fraction of sp³-hybridized carbons (Fsp3) is 0.667. The lowest BCUT2D eigenvalue weighted by atomic mass is 9.83. The van der Waals surface area contributed by atoms with E-state index in [1.54, 1.807) is 0 Å². The zero-order valence-corrected chi connectivity index (χ0v) is 8.34. The van der Waals surface area contributed by atoms with Crippen LogP contribution < -0.4 is 0 Å². The summed E-state index contributed by atoms with van der Waals surface area (Å²) in [7, 11) is 0. The van der Waals surface area contributed by atoms with Gasteiger partial charge in [-0.2, -0.15) is 5.10 Å². The molecule has 0 atom stereocenters. The predicted octanol–water partition coefficient (Wildman–Crippen LogP) is 3.07. The van der Waals surface area contributed by atoms with Gasteiger partial charge in [-0.3, -0.25) is 4.68 Å². The number of hydrogen-bond donors (Lipinski definition) is 0. The van der Waals surface area contributed by atoms with Crippen molar-refractivity contribution in [1.29, 1.82) is 0 Å². The minimum atomic E-state index is -2.37. The minimum Gasteiger partial charge on any atom is -0.262 e. The first kappa shape index (κ1) is 9.90. The molecule has 1 heterocycles. The highest BCUT2D eigenvalue weighted by Crippen LogP contribution is 2.39. The minimum absolute atomic E-state index is 0.337. The molecule has 0 N–H and O–H groups in total. The van der Waals surface area contributed by atoms with Gasteiger partial charge < -0.3 is 0 Å². The average Bonchev–Trinajstić information content (AvgIpc) is 2.32. The van der Waals surface area contributed by atoms with Gasteiger partial charge in [0.05, 0.1) is 16.9 Å². The molecule has 1 aromatic rings. The third-order valence-corrected chi connectivity index (χ3v) is 2.93. The molecule has 2 nitrogen and oxygen atoms in total. The van der Waals surface area contributed by atoms with Crippen molar-refractivity contribution >= 4 is 11.6 Å². The molecule has 0 aromatic carbocycles. The number of alkyl halides is 2. The van der Waals surface area contributed by atoms with Crippen molar-refractivity contribution < 1.29 is 8.78 Å². The van der Waals surface area contributed by atoms with Crippen LogP contribution in [0.15, 0.2) is 6.20 Å². The Morgan fingerprint density at radius 3 is 2.79 bits per heavy atom.